The molecule has 0 aliphatic heterocycles. The van der Waals surface area contributed by atoms with E-state index in [1.165, 1.54) is 30.5 Å². The van der Waals surface area contributed by atoms with Crippen LogP contribution in [0.1, 0.15) is 36.7 Å². The maximum Gasteiger partial charge on any atom is 0.275 e. The average molecular weight is 453 g/mol. The Morgan fingerprint density at radius 3 is 2.61 bits per heavy atom. The second kappa shape index (κ2) is 9.72. The summed E-state index contributed by atoms with van der Waals surface area (Å²) in [6, 6.07) is 8.42. The minimum atomic E-state index is -3.19. The maximum atomic E-state index is 14.4. The van der Waals surface area contributed by atoms with E-state index < -0.39 is 5.92 Å². The quantitative estimate of drug-likeness (QED) is 0.349. The van der Waals surface area contributed by atoms with Gasteiger partial charge in [0.25, 0.3) is 5.92 Å². The lowest BCUT2D eigenvalue weighted by atomic mass is 10.1. The minimum Gasteiger partial charge on any atom is -0.495 e. The number of pyridine rings is 1. The van der Waals surface area contributed by atoms with E-state index in [4.69, 9.17) is 4.74 Å². The lowest BCUT2D eigenvalue weighted by molar-refractivity contribution is 0.0174. The summed E-state index contributed by atoms with van der Waals surface area (Å²) >= 11 is 0. The number of allylic oxidation sites excluding steroid dienone is 2. The topological polar surface area (TPSA) is 80.2 Å². The Bertz CT molecular complexity index is 1190. The highest BCUT2D eigenvalue weighted by Crippen LogP contribution is 2.36. The Balaban J connectivity index is 2.01. The lowest BCUT2D eigenvalue weighted by Gasteiger charge is -2.24. The van der Waals surface area contributed by atoms with Crippen LogP contribution in [0.2, 0.25) is 0 Å². The third-order valence-electron chi connectivity index (χ3n) is 4.70. The number of hydrogen-bond donors (Lipinski definition) is 1. The molecule has 9 heteroatoms. The van der Waals surface area contributed by atoms with Gasteiger partial charge in [0.15, 0.2) is 5.78 Å². The normalized spacial score (nSPS) is 11.0. The van der Waals surface area contributed by atoms with Gasteiger partial charge in [-0.05, 0) is 32.1 Å². The van der Waals surface area contributed by atoms with E-state index >= 15 is 0 Å². The van der Waals surface area contributed by atoms with Crippen molar-refractivity contribution in [1.29, 1.82) is 0 Å². The molecule has 3 aromatic rings. The van der Waals surface area contributed by atoms with E-state index in [9.17, 15) is 13.6 Å². The van der Waals surface area contributed by atoms with Gasteiger partial charge in [0, 0.05) is 37.5 Å². The molecule has 1 aromatic carbocycles. The first-order valence-electron chi connectivity index (χ1n) is 10.1. The summed E-state index contributed by atoms with van der Waals surface area (Å²) in [6.45, 7) is 4.45. The Hall–Kier alpha value is -3.88. The molecule has 2 aromatic heterocycles. The summed E-state index contributed by atoms with van der Waals surface area (Å²) < 4.78 is 33.9. The van der Waals surface area contributed by atoms with Gasteiger partial charge < -0.3 is 15.0 Å². The van der Waals surface area contributed by atoms with E-state index in [1.807, 2.05) is 13.8 Å². The van der Waals surface area contributed by atoms with Gasteiger partial charge in [-0.3, -0.25) is 9.78 Å². The van der Waals surface area contributed by atoms with Crippen molar-refractivity contribution in [2.45, 2.75) is 26.7 Å². The second-order valence-corrected chi connectivity index (χ2v) is 7.75. The highest BCUT2D eigenvalue weighted by Gasteiger charge is 2.31. The van der Waals surface area contributed by atoms with Crippen molar-refractivity contribution in [3.05, 3.63) is 71.7 Å². The molecule has 172 valence electrons. The zero-order valence-corrected chi connectivity index (χ0v) is 19.1. The van der Waals surface area contributed by atoms with Crippen LogP contribution in [0, 0.1) is 0 Å². The molecule has 0 aliphatic carbocycles. The molecular formula is C24H25F2N5O2. The average Bonchev–Trinajstić information content (AvgIpc) is 2.77. The molecule has 0 saturated heterocycles. The molecule has 0 saturated carbocycles. The molecule has 0 amide bonds. The van der Waals surface area contributed by atoms with Crippen molar-refractivity contribution in [3.63, 3.8) is 0 Å². The van der Waals surface area contributed by atoms with Gasteiger partial charge in [0.2, 0.25) is 5.95 Å². The van der Waals surface area contributed by atoms with Gasteiger partial charge in [-0.2, -0.15) is 4.98 Å². The van der Waals surface area contributed by atoms with Gasteiger partial charge in [0.05, 0.1) is 30.8 Å². The minimum absolute atomic E-state index is 0.00247. The molecule has 7 nitrogen and oxygen atoms in total. The third kappa shape index (κ3) is 5.88. The number of methoxy groups -OCH3 is 1. The molecule has 0 unspecified atom stereocenters. The number of nitrogens with zero attached hydrogens (tertiary/aromatic N) is 4. The van der Waals surface area contributed by atoms with E-state index in [-0.39, 0.29) is 23.1 Å². The number of anilines is 4. The number of alkyl halides is 2. The van der Waals surface area contributed by atoms with Crippen molar-refractivity contribution >= 4 is 28.9 Å². The van der Waals surface area contributed by atoms with Crippen LogP contribution in [-0.4, -0.2) is 34.9 Å². The van der Waals surface area contributed by atoms with E-state index in [0.717, 1.165) is 18.7 Å². The second-order valence-electron chi connectivity index (χ2n) is 7.75. The summed E-state index contributed by atoms with van der Waals surface area (Å²) in [4.78, 5) is 26.4. The van der Waals surface area contributed by atoms with Crippen LogP contribution >= 0.6 is 0 Å². The van der Waals surface area contributed by atoms with E-state index in [0.29, 0.717) is 22.7 Å². The number of benzene rings is 1. The Morgan fingerprint density at radius 2 is 1.94 bits per heavy atom. The fraction of sp³-hybridized carbons (Fsp3) is 0.250. The predicted molar refractivity (Wildman–Crippen MR) is 124 cm³/mol. The molecular weight excluding hydrogens is 428 g/mol. The molecule has 0 spiro atoms. The number of hydrogen-bond acceptors (Lipinski definition) is 7. The lowest BCUT2D eigenvalue weighted by Crippen LogP contribution is -2.20. The highest BCUT2D eigenvalue weighted by atomic mass is 19.3. The van der Waals surface area contributed by atoms with Gasteiger partial charge in [-0.25, -0.2) is 13.8 Å². The number of ether oxygens (including phenoxy) is 1. The first-order valence-corrected chi connectivity index (χ1v) is 10.1. The summed E-state index contributed by atoms with van der Waals surface area (Å²) in [6.07, 6.45) is 5.69. The molecule has 1 N–H and O–H groups in total. The molecule has 0 fully saturated rings. The van der Waals surface area contributed by atoms with E-state index in [2.05, 4.69) is 20.3 Å². The van der Waals surface area contributed by atoms with Crippen LogP contribution in [0.25, 0.3) is 0 Å². The standard InChI is InChI=1S/C24H25F2N5O2/c1-15(2)9-21(32)16-7-6-8-18(10-16)31(4)22-20(24(3,25)26)14-28-23(30-22)29-17-11-19(33-5)13-27-12-17/h6-14H,1-5H3,(H,28,29,30). The van der Waals surface area contributed by atoms with Crippen molar-refractivity contribution in [2.24, 2.45) is 0 Å². The van der Waals surface area contributed by atoms with Gasteiger partial charge >= 0.3 is 0 Å². The van der Waals surface area contributed by atoms with Crippen molar-refractivity contribution in [1.82, 2.24) is 15.0 Å². The number of rotatable bonds is 8. The number of nitrogens with one attached hydrogen (secondary N) is 1. The summed E-state index contributed by atoms with van der Waals surface area (Å²) in [7, 11) is 3.12. The summed E-state index contributed by atoms with van der Waals surface area (Å²) in [5.41, 5.74) is 2.03. The molecule has 0 aliphatic rings. The van der Waals surface area contributed by atoms with Crippen molar-refractivity contribution in [2.75, 3.05) is 24.4 Å². The monoisotopic (exact) mass is 453 g/mol. The fourth-order valence-electron chi connectivity index (χ4n) is 3.06. The number of carbonyl (C=O) groups excluding carboxylic acids is 1. The Labute approximate surface area is 191 Å². The molecule has 33 heavy (non-hydrogen) atoms. The SMILES string of the molecule is COc1cncc(Nc2ncc(C(C)(F)F)c(N(C)c3cccc(C(=O)C=C(C)C)c3)n2)c1. The molecule has 0 bridgehead atoms. The molecule has 0 radical (unpaired) electrons. The predicted octanol–water partition coefficient (Wildman–Crippen LogP) is 5.65. The summed E-state index contributed by atoms with van der Waals surface area (Å²) in [5.74, 6) is -2.72. The highest BCUT2D eigenvalue weighted by molar-refractivity contribution is 6.05. The number of ketones is 1. The van der Waals surface area contributed by atoms with Gasteiger partial charge in [-0.1, -0.05) is 17.7 Å². The number of halogens is 2. The van der Waals surface area contributed by atoms with Crippen molar-refractivity contribution < 1.29 is 18.3 Å². The molecule has 0 atom stereocenters. The molecule has 3 rings (SSSR count). The van der Waals surface area contributed by atoms with Gasteiger partial charge in [0.1, 0.15) is 11.6 Å². The Morgan fingerprint density at radius 1 is 1.18 bits per heavy atom. The fourth-order valence-corrected chi connectivity index (χ4v) is 3.06. The first kappa shape index (κ1) is 23.8. The van der Waals surface area contributed by atoms with E-state index in [1.54, 1.807) is 37.4 Å². The zero-order valence-electron chi connectivity index (χ0n) is 19.1. The molecule has 2 heterocycles. The smallest absolute Gasteiger partial charge is 0.275 e. The number of carbonyl (C=O) groups is 1. The Kier molecular flexibility index (Phi) is 7.01. The van der Waals surface area contributed by atoms with Crippen LogP contribution < -0.4 is 15.0 Å². The third-order valence-corrected chi connectivity index (χ3v) is 4.70. The zero-order chi connectivity index (χ0) is 24.2. The van der Waals surface area contributed by atoms with Crippen molar-refractivity contribution in [3.8, 4) is 5.75 Å². The van der Waals surface area contributed by atoms with Crippen LogP contribution in [0.3, 0.4) is 0 Å². The van der Waals surface area contributed by atoms with Crippen LogP contribution in [-0.2, 0) is 5.92 Å². The van der Waals surface area contributed by atoms with Gasteiger partial charge in [-0.15, -0.1) is 0 Å². The van der Waals surface area contributed by atoms with Crippen LogP contribution in [0.4, 0.5) is 31.9 Å². The summed E-state index contributed by atoms with van der Waals surface area (Å²) in [5, 5.41) is 2.96. The number of aromatic nitrogens is 3. The first-order chi connectivity index (χ1) is 15.6. The van der Waals surface area contributed by atoms with Crippen LogP contribution in [0.5, 0.6) is 5.75 Å². The largest absolute Gasteiger partial charge is 0.495 e. The maximum absolute atomic E-state index is 14.4. The van der Waals surface area contributed by atoms with Crippen LogP contribution in [0.15, 0.2) is 60.6 Å².